The average Bonchev–Trinajstić information content (AvgIpc) is 2.19. The van der Waals surface area contributed by atoms with Gasteiger partial charge < -0.3 is 11.1 Å². The van der Waals surface area contributed by atoms with Gasteiger partial charge in [-0.15, -0.1) is 0 Å². The van der Waals surface area contributed by atoms with Gasteiger partial charge in [-0.25, -0.2) is 0 Å². The van der Waals surface area contributed by atoms with Gasteiger partial charge in [-0.3, -0.25) is 4.79 Å². The molecule has 88 valence electrons. The van der Waals surface area contributed by atoms with Gasteiger partial charge in [0.1, 0.15) is 0 Å². The van der Waals surface area contributed by atoms with Crippen molar-refractivity contribution in [1.29, 1.82) is 0 Å². The van der Waals surface area contributed by atoms with E-state index >= 15 is 0 Å². The molecule has 1 rings (SSSR count). The molecular formula is C10H11F3N2O. The lowest BCUT2D eigenvalue weighted by Gasteiger charge is -2.11. The number of alkyl halides is 3. The number of hydrogen-bond donors (Lipinski definition) is 2. The number of benzene rings is 1. The number of halogens is 3. The van der Waals surface area contributed by atoms with Crippen LogP contribution in [0.2, 0.25) is 0 Å². The molecule has 1 aromatic carbocycles. The summed E-state index contributed by atoms with van der Waals surface area (Å²) in [7, 11) is 0. The summed E-state index contributed by atoms with van der Waals surface area (Å²) in [5.41, 5.74) is 6.69. The first-order valence-electron chi connectivity index (χ1n) is 4.52. The molecule has 0 bridgehead atoms. The van der Waals surface area contributed by atoms with Gasteiger partial charge in [-0.1, -0.05) is 12.1 Å². The first-order chi connectivity index (χ1) is 7.34. The van der Waals surface area contributed by atoms with Gasteiger partial charge in [-0.2, -0.15) is 13.2 Å². The van der Waals surface area contributed by atoms with E-state index in [2.05, 4.69) is 0 Å². The van der Waals surface area contributed by atoms with Gasteiger partial charge in [0.15, 0.2) is 0 Å². The summed E-state index contributed by atoms with van der Waals surface area (Å²) in [5.74, 6) is -1.98. The van der Waals surface area contributed by atoms with Crippen LogP contribution in [0.15, 0.2) is 18.2 Å². The molecule has 0 aromatic heterocycles. The van der Waals surface area contributed by atoms with Crippen LogP contribution in [0.25, 0.3) is 0 Å². The highest BCUT2D eigenvalue weighted by Gasteiger charge is 2.38. The Bertz CT molecular complexity index is 402. The lowest BCUT2D eigenvalue weighted by molar-refractivity contribution is -0.167. The molecule has 0 heterocycles. The highest BCUT2D eigenvalue weighted by molar-refractivity contribution is 5.95. The number of amides is 1. The van der Waals surface area contributed by atoms with Crippen molar-refractivity contribution in [2.75, 3.05) is 5.32 Å². The zero-order chi connectivity index (χ0) is 12.3. The van der Waals surface area contributed by atoms with Gasteiger partial charge in [0.05, 0.1) is 0 Å². The minimum Gasteiger partial charge on any atom is -0.326 e. The maximum absolute atomic E-state index is 12.0. The number of carbonyl (C=O) groups is 1. The molecule has 3 N–H and O–H groups in total. The second-order valence-corrected chi connectivity index (χ2v) is 3.31. The standard InChI is InChI=1S/C10H11F3N2O/c1-6-2-3-7(5-14)4-8(6)15-9(16)10(11,12)13/h2-4H,5,14H2,1H3,(H,15,16). The number of aryl methyl sites for hydroxylation is 1. The molecule has 16 heavy (non-hydrogen) atoms. The fourth-order valence-electron chi connectivity index (χ4n) is 1.12. The van der Waals surface area contributed by atoms with Gasteiger partial charge in [0, 0.05) is 12.2 Å². The molecule has 0 saturated heterocycles. The summed E-state index contributed by atoms with van der Waals surface area (Å²) in [5, 5.41) is 1.81. The van der Waals surface area contributed by atoms with E-state index in [-0.39, 0.29) is 12.2 Å². The molecule has 6 heteroatoms. The third-order valence-corrected chi connectivity index (χ3v) is 2.04. The van der Waals surface area contributed by atoms with E-state index < -0.39 is 12.1 Å². The summed E-state index contributed by atoms with van der Waals surface area (Å²) in [6.45, 7) is 1.81. The number of nitrogens with two attached hydrogens (primary N) is 1. The lowest BCUT2D eigenvalue weighted by atomic mass is 10.1. The van der Waals surface area contributed by atoms with Crippen LogP contribution in [0.4, 0.5) is 18.9 Å². The van der Waals surface area contributed by atoms with Crippen molar-refractivity contribution in [3.8, 4) is 0 Å². The molecule has 1 aromatic rings. The second-order valence-electron chi connectivity index (χ2n) is 3.31. The van der Waals surface area contributed by atoms with Crippen LogP contribution in [0, 0.1) is 6.92 Å². The van der Waals surface area contributed by atoms with E-state index in [0.29, 0.717) is 11.1 Å². The maximum atomic E-state index is 12.0. The minimum atomic E-state index is -4.88. The molecule has 0 saturated carbocycles. The Balaban J connectivity index is 2.92. The molecule has 0 fully saturated rings. The van der Waals surface area contributed by atoms with Crippen molar-refractivity contribution < 1.29 is 18.0 Å². The zero-order valence-electron chi connectivity index (χ0n) is 8.56. The maximum Gasteiger partial charge on any atom is 0.471 e. The number of hydrogen-bond acceptors (Lipinski definition) is 2. The Kier molecular flexibility index (Phi) is 3.54. The fraction of sp³-hybridized carbons (Fsp3) is 0.300. The summed E-state index contributed by atoms with van der Waals surface area (Å²) in [6.07, 6.45) is -4.88. The number of nitrogens with one attached hydrogen (secondary N) is 1. The van der Waals surface area contributed by atoms with Crippen LogP contribution < -0.4 is 11.1 Å². The normalized spacial score (nSPS) is 11.3. The van der Waals surface area contributed by atoms with E-state index in [9.17, 15) is 18.0 Å². The smallest absolute Gasteiger partial charge is 0.326 e. The van der Waals surface area contributed by atoms with Crippen LogP contribution in [0.3, 0.4) is 0 Å². The predicted octanol–water partition coefficient (Wildman–Crippen LogP) is 1.95. The second kappa shape index (κ2) is 4.52. The zero-order valence-corrected chi connectivity index (χ0v) is 8.56. The molecule has 0 spiro atoms. The summed E-state index contributed by atoms with van der Waals surface area (Å²) in [6, 6.07) is 4.73. The summed E-state index contributed by atoms with van der Waals surface area (Å²) in [4.78, 5) is 10.7. The monoisotopic (exact) mass is 232 g/mol. The van der Waals surface area contributed by atoms with Crippen molar-refractivity contribution in [3.63, 3.8) is 0 Å². The Hall–Kier alpha value is -1.56. The van der Waals surface area contributed by atoms with Gasteiger partial charge in [-0.05, 0) is 24.1 Å². The third-order valence-electron chi connectivity index (χ3n) is 2.04. The molecule has 0 unspecified atom stereocenters. The van der Waals surface area contributed by atoms with Gasteiger partial charge >= 0.3 is 12.1 Å². The predicted molar refractivity (Wildman–Crippen MR) is 53.8 cm³/mol. The Morgan fingerprint density at radius 1 is 1.44 bits per heavy atom. The van der Waals surface area contributed by atoms with Crippen LogP contribution in [0.1, 0.15) is 11.1 Å². The minimum absolute atomic E-state index is 0.130. The molecule has 1 amide bonds. The van der Waals surface area contributed by atoms with Crippen LogP contribution >= 0.6 is 0 Å². The summed E-state index contributed by atoms with van der Waals surface area (Å²) < 4.78 is 36.0. The van der Waals surface area contributed by atoms with Crippen LogP contribution in [-0.2, 0) is 11.3 Å². The topological polar surface area (TPSA) is 55.1 Å². The first-order valence-corrected chi connectivity index (χ1v) is 4.52. The average molecular weight is 232 g/mol. The number of rotatable bonds is 2. The Labute approximate surface area is 90.4 Å². The van der Waals surface area contributed by atoms with Gasteiger partial charge in [0.2, 0.25) is 0 Å². The molecule has 0 aliphatic carbocycles. The summed E-state index contributed by atoms with van der Waals surface area (Å²) >= 11 is 0. The largest absolute Gasteiger partial charge is 0.471 e. The van der Waals surface area contributed by atoms with Crippen molar-refractivity contribution >= 4 is 11.6 Å². The Morgan fingerprint density at radius 3 is 2.56 bits per heavy atom. The molecular weight excluding hydrogens is 221 g/mol. The van der Waals surface area contributed by atoms with Crippen LogP contribution in [0.5, 0.6) is 0 Å². The molecule has 0 aliphatic heterocycles. The van der Waals surface area contributed by atoms with E-state index in [1.54, 1.807) is 24.4 Å². The third kappa shape index (κ3) is 2.96. The molecule has 0 atom stereocenters. The van der Waals surface area contributed by atoms with E-state index in [0.717, 1.165) is 0 Å². The van der Waals surface area contributed by atoms with Crippen molar-refractivity contribution in [2.24, 2.45) is 5.73 Å². The SMILES string of the molecule is Cc1ccc(CN)cc1NC(=O)C(F)(F)F. The van der Waals surface area contributed by atoms with Crippen molar-refractivity contribution in [2.45, 2.75) is 19.6 Å². The molecule has 0 radical (unpaired) electrons. The van der Waals surface area contributed by atoms with E-state index in [1.807, 2.05) is 0 Å². The number of carbonyl (C=O) groups excluding carboxylic acids is 1. The van der Waals surface area contributed by atoms with Crippen molar-refractivity contribution in [3.05, 3.63) is 29.3 Å². The molecule has 0 aliphatic rings. The van der Waals surface area contributed by atoms with E-state index in [4.69, 9.17) is 5.73 Å². The Morgan fingerprint density at radius 2 is 2.06 bits per heavy atom. The van der Waals surface area contributed by atoms with Gasteiger partial charge in [0.25, 0.3) is 0 Å². The quantitative estimate of drug-likeness (QED) is 0.818. The highest BCUT2D eigenvalue weighted by atomic mass is 19.4. The van der Waals surface area contributed by atoms with Crippen molar-refractivity contribution in [1.82, 2.24) is 0 Å². The van der Waals surface area contributed by atoms with Crippen LogP contribution in [-0.4, -0.2) is 12.1 Å². The first kappa shape index (κ1) is 12.5. The number of anilines is 1. The lowest BCUT2D eigenvalue weighted by Crippen LogP contribution is -2.30. The highest BCUT2D eigenvalue weighted by Crippen LogP contribution is 2.21. The molecule has 3 nitrogen and oxygen atoms in total. The fourth-order valence-corrected chi connectivity index (χ4v) is 1.12. The van der Waals surface area contributed by atoms with E-state index in [1.165, 1.54) is 6.07 Å².